The van der Waals surface area contributed by atoms with E-state index >= 15 is 0 Å². The monoisotopic (exact) mass is 320 g/mol. The second kappa shape index (κ2) is 10.8. The van der Waals surface area contributed by atoms with E-state index in [4.69, 9.17) is 0 Å². The van der Waals surface area contributed by atoms with Gasteiger partial charge in [-0.15, -0.1) is 0 Å². The van der Waals surface area contributed by atoms with Crippen molar-refractivity contribution in [2.75, 3.05) is 6.67 Å². The van der Waals surface area contributed by atoms with Crippen molar-refractivity contribution in [1.82, 2.24) is 0 Å². The number of allylic oxidation sites excluding steroid dienone is 5. The molecular formula is C22H37F. The molecule has 0 saturated heterocycles. The molecule has 0 bridgehead atoms. The second-order valence-corrected chi connectivity index (χ2v) is 7.42. The zero-order chi connectivity index (χ0) is 17.1. The number of rotatable bonds is 10. The fourth-order valence-corrected chi connectivity index (χ4v) is 4.87. The van der Waals surface area contributed by atoms with Gasteiger partial charge >= 0.3 is 0 Å². The zero-order valence-electron chi connectivity index (χ0n) is 15.6. The van der Waals surface area contributed by atoms with Crippen LogP contribution in [0.4, 0.5) is 4.39 Å². The Kier molecular flexibility index (Phi) is 9.52. The molecule has 0 aromatic heterocycles. The van der Waals surface area contributed by atoms with E-state index in [1.54, 1.807) is 0 Å². The summed E-state index contributed by atoms with van der Waals surface area (Å²) >= 11 is 0. The first-order chi connectivity index (χ1) is 11.1. The largest absolute Gasteiger partial charge is 0.251 e. The predicted molar refractivity (Wildman–Crippen MR) is 101 cm³/mol. The minimum Gasteiger partial charge on any atom is -0.251 e. The van der Waals surface area contributed by atoms with E-state index in [0.29, 0.717) is 17.3 Å². The van der Waals surface area contributed by atoms with Crippen molar-refractivity contribution in [2.24, 2.45) is 17.3 Å². The molecule has 0 radical (unpaired) electrons. The van der Waals surface area contributed by atoms with Gasteiger partial charge in [0, 0.05) is 0 Å². The first kappa shape index (κ1) is 20.2. The van der Waals surface area contributed by atoms with E-state index in [0.717, 1.165) is 12.8 Å². The van der Waals surface area contributed by atoms with Gasteiger partial charge in [-0.1, -0.05) is 57.6 Å². The van der Waals surface area contributed by atoms with E-state index in [1.807, 2.05) is 6.08 Å². The molecule has 1 aliphatic carbocycles. The van der Waals surface area contributed by atoms with Crippen molar-refractivity contribution in [3.05, 3.63) is 36.5 Å². The summed E-state index contributed by atoms with van der Waals surface area (Å²) in [5, 5.41) is 0. The molecule has 132 valence electrons. The first-order valence-corrected chi connectivity index (χ1v) is 9.66. The third-order valence-corrected chi connectivity index (χ3v) is 5.56. The van der Waals surface area contributed by atoms with Crippen LogP contribution in [-0.4, -0.2) is 6.67 Å². The van der Waals surface area contributed by atoms with Crippen LogP contribution >= 0.6 is 0 Å². The SMILES string of the molecule is C=C/C=C\C(=C/C)C1CC(CCCF)CC(CCC)(CCC)C1. The molecule has 0 heterocycles. The minimum absolute atomic E-state index is 0.164. The fraction of sp³-hybridized carbons (Fsp3) is 0.727. The molecule has 0 aromatic rings. The molecule has 1 heteroatoms. The van der Waals surface area contributed by atoms with Gasteiger partial charge in [-0.3, -0.25) is 4.39 Å². The smallest absolute Gasteiger partial charge is 0.0894 e. The van der Waals surface area contributed by atoms with Crippen LogP contribution in [0.2, 0.25) is 0 Å². The molecule has 2 atom stereocenters. The van der Waals surface area contributed by atoms with Crippen LogP contribution in [0.1, 0.15) is 78.6 Å². The van der Waals surface area contributed by atoms with Crippen LogP contribution in [0.5, 0.6) is 0 Å². The Morgan fingerprint density at radius 1 is 1.22 bits per heavy atom. The Balaban J connectivity index is 2.99. The maximum absolute atomic E-state index is 12.7. The van der Waals surface area contributed by atoms with Crippen molar-refractivity contribution >= 4 is 0 Å². The summed E-state index contributed by atoms with van der Waals surface area (Å²) in [7, 11) is 0. The van der Waals surface area contributed by atoms with Crippen molar-refractivity contribution in [1.29, 1.82) is 0 Å². The van der Waals surface area contributed by atoms with E-state index in [-0.39, 0.29) is 6.67 Å². The van der Waals surface area contributed by atoms with Gasteiger partial charge in [-0.25, -0.2) is 0 Å². The van der Waals surface area contributed by atoms with Crippen LogP contribution in [0, 0.1) is 17.3 Å². The maximum atomic E-state index is 12.7. The molecule has 0 aromatic carbocycles. The predicted octanol–water partition coefficient (Wildman–Crippen LogP) is 7.43. The quantitative estimate of drug-likeness (QED) is 0.367. The molecule has 1 aliphatic rings. The molecule has 1 fully saturated rings. The lowest BCUT2D eigenvalue weighted by molar-refractivity contribution is 0.0771. The molecule has 2 unspecified atom stereocenters. The van der Waals surface area contributed by atoms with Gasteiger partial charge in [0.15, 0.2) is 0 Å². The molecule has 1 rings (SSSR count). The lowest BCUT2D eigenvalue weighted by atomic mass is 9.59. The molecule has 0 nitrogen and oxygen atoms in total. The third-order valence-electron chi connectivity index (χ3n) is 5.56. The third kappa shape index (κ3) is 6.28. The van der Waals surface area contributed by atoms with Crippen molar-refractivity contribution in [2.45, 2.75) is 78.6 Å². The summed E-state index contributed by atoms with van der Waals surface area (Å²) in [5.74, 6) is 1.32. The topological polar surface area (TPSA) is 0 Å². The average molecular weight is 321 g/mol. The number of alkyl halides is 1. The van der Waals surface area contributed by atoms with Gasteiger partial charge in [0.2, 0.25) is 0 Å². The van der Waals surface area contributed by atoms with Crippen LogP contribution < -0.4 is 0 Å². The van der Waals surface area contributed by atoms with Gasteiger partial charge < -0.3 is 0 Å². The molecule has 0 N–H and O–H groups in total. The van der Waals surface area contributed by atoms with Crippen LogP contribution in [-0.2, 0) is 0 Å². The van der Waals surface area contributed by atoms with Gasteiger partial charge in [-0.05, 0) is 74.7 Å². The average Bonchev–Trinajstić information content (AvgIpc) is 2.54. The Bertz CT molecular complexity index is 385. The number of hydrogen-bond acceptors (Lipinski definition) is 0. The molecule has 23 heavy (non-hydrogen) atoms. The van der Waals surface area contributed by atoms with Gasteiger partial charge in [0.05, 0.1) is 6.67 Å². The highest BCUT2D eigenvalue weighted by molar-refractivity contribution is 5.25. The Hall–Kier alpha value is -0.850. The van der Waals surface area contributed by atoms with Gasteiger partial charge in [-0.2, -0.15) is 0 Å². The van der Waals surface area contributed by atoms with Gasteiger partial charge in [0.1, 0.15) is 0 Å². The molecule has 1 saturated carbocycles. The summed E-state index contributed by atoms with van der Waals surface area (Å²) in [4.78, 5) is 0. The lowest BCUT2D eigenvalue weighted by Crippen LogP contribution is -2.34. The van der Waals surface area contributed by atoms with Crippen LogP contribution in [0.15, 0.2) is 36.5 Å². The summed E-state index contributed by atoms with van der Waals surface area (Å²) < 4.78 is 12.7. The molecule has 0 amide bonds. The van der Waals surface area contributed by atoms with Crippen LogP contribution in [0.3, 0.4) is 0 Å². The minimum atomic E-state index is -0.164. The zero-order valence-corrected chi connectivity index (χ0v) is 15.6. The second-order valence-electron chi connectivity index (χ2n) is 7.42. The number of halogens is 1. The summed E-state index contributed by atoms with van der Waals surface area (Å²) in [6.45, 7) is 10.4. The van der Waals surface area contributed by atoms with E-state index < -0.39 is 0 Å². The van der Waals surface area contributed by atoms with Crippen molar-refractivity contribution in [3.8, 4) is 0 Å². The molecule has 0 aliphatic heterocycles. The van der Waals surface area contributed by atoms with Crippen molar-refractivity contribution < 1.29 is 4.39 Å². The Labute approximate surface area is 143 Å². The number of hydrogen-bond donors (Lipinski definition) is 0. The summed E-state index contributed by atoms with van der Waals surface area (Å²) in [6.07, 6.45) is 19.2. The van der Waals surface area contributed by atoms with E-state index in [1.165, 1.54) is 50.5 Å². The maximum Gasteiger partial charge on any atom is 0.0894 e. The molecular weight excluding hydrogens is 283 g/mol. The van der Waals surface area contributed by atoms with E-state index in [2.05, 4.69) is 45.6 Å². The Morgan fingerprint density at radius 3 is 2.43 bits per heavy atom. The molecule has 0 spiro atoms. The first-order valence-electron chi connectivity index (χ1n) is 9.66. The standard InChI is InChI=1S/C22H37F/c1-5-9-12-20(8-4)21-16-19(11-10-15-23)17-22(18-21,13-6-2)14-7-3/h5,8-9,12,19,21H,1,6-7,10-11,13-18H2,2-4H3/b12-9-,20-8+. The highest BCUT2D eigenvalue weighted by Crippen LogP contribution is 2.51. The van der Waals surface area contributed by atoms with E-state index in [9.17, 15) is 4.39 Å². The highest BCUT2D eigenvalue weighted by atomic mass is 19.1. The van der Waals surface area contributed by atoms with Crippen LogP contribution in [0.25, 0.3) is 0 Å². The highest BCUT2D eigenvalue weighted by Gasteiger charge is 2.39. The van der Waals surface area contributed by atoms with Gasteiger partial charge in [0.25, 0.3) is 0 Å². The Morgan fingerprint density at radius 2 is 1.91 bits per heavy atom. The lowest BCUT2D eigenvalue weighted by Gasteiger charge is -2.46. The summed E-state index contributed by atoms with van der Waals surface area (Å²) in [6, 6.07) is 0. The van der Waals surface area contributed by atoms with Crippen molar-refractivity contribution in [3.63, 3.8) is 0 Å². The normalized spacial score (nSPS) is 25.0. The fourth-order valence-electron chi connectivity index (χ4n) is 4.87. The summed E-state index contributed by atoms with van der Waals surface area (Å²) in [5.41, 5.74) is 1.93.